The van der Waals surface area contributed by atoms with Crippen LogP contribution in [0.2, 0.25) is 0 Å². The minimum absolute atomic E-state index is 0.220. The van der Waals surface area contributed by atoms with Gasteiger partial charge in [0.2, 0.25) is 0 Å². The number of hydrogen-bond acceptors (Lipinski definition) is 2. The van der Waals surface area contributed by atoms with Gasteiger partial charge in [-0.25, -0.2) is 0 Å². The Balaban J connectivity index is 2.11. The molecule has 0 aromatic rings. The largest absolute Gasteiger partial charge is 0.481 e. The molecule has 1 atom stereocenters. The fourth-order valence-electron chi connectivity index (χ4n) is 3.72. The highest BCUT2D eigenvalue weighted by Crippen LogP contribution is 2.44. The Morgan fingerprint density at radius 2 is 1.53 bits per heavy atom. The molecule has 2 rings (SSSR count). The third-order valence-electron chi connectivity index (χ3n) is 4.83. The maximum atomic E-state index is 11.6. The van der Waals surface area contributed by atoms with Gasteiger partial charge in [-0.15, -0.1) is 0 Å². The lowest BCUT2D eigenvalue weighted by molar-refractivity contribution is -0.164. The maximum absolute atomic E-state index is 11.6. The Morgan fingerprint density at radius 1 is 1.00 bits per heavy atom. The number of carbonyl (C=O) groups is 1. The van der Waals surface area contributed by atoms with Gasteiger partial charge in [-0.2, -0.15) is 0 Å². The van der Waals surface area contributed by atoms with E-state index in [1.807, 2.05) is 0 Å². The van der Waals surface area contributed by atoms with E-state index in [0.29, 0.717) is 12.8 Å². The van der Waals surface area contributed by atoms with Crippen LogP contribution in [0.3, 0.4) is 0 Å². The highest BCUT2D eigenvalue weighted by Gasteiger charge is 2.48. The summed E-state index contributed by atoms with van der Waals surface area (Å²) in [5.41, 5.74) is -0.833. The van der Waals surface area contributed by atoms with Crippen molar-refractivity contribution >= 4 is 5.97 Å². The van der Waals surface area contributed by atoms with Crippen LogP contribution in [-0.2, 0) is 4.79 Å². The Morgan fingerprint density at radius 3 is 2.06 bits per heavy atom. The lowest BCUT2D eigenvalue weighted by atomic mass is 9.65. The Hall–Kier alpha value is -0.570. The average Bonchev–Trinajstić information content (AvgIpc) is 2.39. The molecule has 2 aliphatic carbocycles. The summed E-state index contributed by atoms with van der Waals surface area (Å²) >= 11 is 0. The molecule has 98 valence electrons. The van der Waals surface area contributed by atoms with E-state index in [9.17, 15) is 15.0 Å². The predicted molar refractivity (Wildman–Crippen MR) is 65.7 cm³/mol. The molecular formula is C14H24O3. The first-order valence-corrected chi connectivity index (χ1v) is 7.08. The van der Waals surface area contributed by atoms with E-state index in [1.54, 1.807) is 0 Å². The highest BCUT2D eigenvalue weighted by atomic mass is 16.4. The first kappa shape index (κ1) is 12.9. The van der Waals surface area contributed by atoms with E-state index in [1.165, 1.54) is 6.42 Å². The summed E-state index contributed by atoms with van der Waals surface area (Å²) in [4.78, 5) is 11.6. The van der Waals surface area contributed by atoms with E-state index in [0.717, 1.165) is 44.9 Å². The van der Waals surface area contributed by atoms with Crippen molar-refractivity contribution < 1.29 is 15.0 Å². The molecule has 0 aromatic heterocycles. The summed E-state index contributed by atoms with van der Waals surface area (Å²) < 4.78 is 0. The Kier molecular flexibility index (Phi) is 4.08. The van der Waals surface area contributed by atoms with Gasteiger partial charge < -0.3 is 10.2 Å². The fourth-order valence-corrected chi connectivity index (χ4v) is 3.72. The van der Waals surface area contributed by atoms with Gasteiger partial charge in [-0.1, -0.05) is 38.5 Å². The molecule has 0 bridgehead atoms. The smallest absolute Gasteiger partial charge is 0.312 e. The average molecular weight is 240 g/mol. The second-order valence-electron chi connectivity index (χ2n) is 5.86. The Bertz CT molecular complexity index is 263. The van der Waals surface area contributed by atoms with Crippen molar-refractivity contribution in [3.05, 3.63) is 0 Å². The van der Waals surface area contributed by atoms with Crippen molar-refractivity contribution in [2.75, 3.05) is 0 Å². The van der Waals surface area contributed by atoms with Crippen LogP contribution < -0.4 is 0 Å². The van der Waals surface area contributed by atoms with Crippen LogP contribution in [0.1, 0.15) is 64.2 Å². The molecule has 2 saturated carbocycles. The molecule has 0 amide bonds. The maximum Gasteiger partial charge on any atom is 0.312 e. The minimum Gasteiger partial charge on any atom is -0.481 e. The summed E-state index contributed by atoms with van der Waals surface area (Å²) in [6.07, 6.45) is 9.30. The lowest BCUT2D eigenvalue weighted by Gasteiger charge is -2.41. The molecule has 2 fully saturated rings. The van der Waals surface area contributed by atoms with Crippen molar-refractivity contribution in [3.63, 3.8) is 0 Å². The van der Waals surface area contributed by atoms with Gasteiger partial charge in [-0.05, 0) is 31.6 Å². The van der Waals surface area contributed by atoms with Gasteiger partial charge in [-0.3, -0.25) is 4.79 Å². The van der Waals surface area contributed by atoms with E-state index < -0.39 is 17.5 Å². The van der Waals surface area contributed by atoms with Crippen molar-refractivity contribution in [1.29, 1.82) is 0 Å². The molecule has 3 nitrogen and oxygen atoms in total. The first-order valence-electron chi connectivity index (χ1n) is 7.08. The molecule has 0 heterocycles. The standard InChI is InChI=1S/C14H24O3/c15-12(11-7-3-1-4-8-11)14(13(16)17)9-5-2-6-10-14/h11-12,15H,1-10H2,(H,16,17). The van der Waals surface area contributed by atoms with Crippen molar-refractivity contribution in [1.82, 2.24) is 0 Å². The molecule has 2 N–H and O–H groups in total. The van der Waals surface area contributed by atoms with E-state index in [-0.39, 0.29) is 5.92 Å². The van der Waals surface area contributed by atoms with Crippen molar-refractivity contribution in [3.8, 4) is 0 Å². The molecule has 0 radical (unpaired) electrons. The van der Waals surface area contributed by atoms with Gasteiger partial charge in [0.25, 0.3) is 0 Å². The third kappa shape index (κ3) is 2.49. The zero-order chi connectivity index (χ0) is 12.3. The summed E-state index contributed by atoms with van der Waals surface area (Å²) in [5, 5.41) is 20.1. The number of aliphatic hydroxyl groups is 1. The van der Waals surface area contributed by atoms with Gasteiger partial charge in [0.15, 0.2) is 0 Å². The molecule has 0 aromatic carbocycles. The summed E-state index contributed by atoms with van der Waals surface area (Å²) in [6, 6.07) is 0. The summed E-state index contributed by atoms with van der Waals surface area (Å²) in [7, 11) is 0. The minimum atomic E-state index is -0.833. The van der Waals surface area contributed by atoms with Crippen LogP contribution in [-0.4, -0.2) is 22.3 Å². The number of carboxylic acids is 1. The van der Waals surface area contributed by atoms with E-state index in [4.69, 9.17) is 0 Å². The molecule has 0 spiro atoms. The van der Waals surface area contributed by atoms with Gasteiger partial charge in [0.05, 0.1) is 11.5 Å². The third-order valence-corrected chi connectivity index (χ3v) is 4.83. The fraction of sp³-hybridized carbons (Fsp3) is 0.929. The zero-order valence-electron chi connectivity index (χ0n) is 10.5. The first-order chi connectivity index (χ1) is 8.17. The van der Waals surface area contributed by atoms with Crippen molar-refractivity contribution in [2.24, 2.45) is 11.3 Å². The van der Waals surface area contributed by atoms with Gasteiger partial charge in [0.1, 0.15) is 0 Å². The van der Waals surface area contributed by atoms with Gasteiger partial charge in [0, 0.05) is 0 Å². The Labute approximate surface area is 103 Å². The molecule has 0 aliphatic heterocycles. The monoisotopic (exact) mass is 240 g/mol. The molecule has 1 unspecified atom stereocenters. The predicted octanol–water partition coefficient (Wildman–Crippen LogP) is 2.96. The zero-order valence-corrected chi connectivity index (χ0v) is 10.5. The molecule has 2 aliphatic rings. The molecule has 0 saturated heterocycles. The van der Waals surface area contributed by atoms with Crippen molar-refractivity contribution in [2.45, 2.75) is 70.3 Å². The number of aliphatic carboxylic acids is 1. The summed E-state index contributed by atoms with van der Waals surface area (Å²) in [6.45, 7) is 0. The van der Waals surface area contributed by atoms with E-state index >= 15 is 0 Å². The normalized spacial score (nSPS) is 27.6. The quantitative estimate of drug-likeness (QED) is 0.797. The summed E-state index contributed by atoms with van der Waals surface area (Å²) in [5.74, 6) is -0.548. The van der Waals surface area contributed by atoms with Crippen LogP contribution in [0.25, 0.3) is 0 Å². The second kappa shape index (κ2) is 5.38. The molecule has 3 heteroatoms. The second-order valence-corrected chi connectivity index (χ2v) is 5.86. The van der Waals surface area contributed by atoms with Crippen LogP contribution in [0.5, 0.6) is 0 Å². The van der Waals surface area contributed by atoms with Gasteiger partial charge >= 0.3 is 5.97 Å². The molecular weight excluding hydrogens is 216 g/mol. The number of hydrogen-bond donors (Lipinski definition) is 2. The van der Waals surface area contributed by atoms with Crippen LogP contribution in [0, 0.1) is 11.3 Å². The SMILES string of the molecule is O=C(O)C1(C(O)C2CCCCC2)CCCCC1. The van der Waals surface area contributed by atoms with Crippen LogP contribution >= 0.6 is 0 Å². The molecule has 17 heavy (non-hydrogen) atoms. The van der Waals surface area contributed by atoms with Crippen LogP contribution in [0.4, 0.5) is 0 Å². The topological polar surface area (TPSA) is 57.5 Å². The highest BCUT2D eigenvalue weighted by molar-refractivity contribution is 5.75. The lowest BCUT2D eigenvalue weighted by Crippen LogP contribution is -2.48. The number of carboxylic acid groups (broad SMARTS) is 1. The number of aliphatic hydroxyl groups excluding tert-OH is 1. The van der Waals surface area contributed by atoms with E-state index in [2.05, 4.69) is 0 Å². The van der Waals surface area contributed by atoms with Crippen LogP contribution in [0.15, 0.2) is 0 Å². The number of rotatable bonds is 3.